The van der Waals surface area contributed by atoms with Crippen LogP contribution in [0.4, 0.5) is 4.79 Å². The van der Waals surface area contributed by atoms with Gasteiger partial charge in [-0.3, -0.25) is 9.59 Å². The molecular formula is C28H36N4O5. The number of amides is 3. The van der Waals surface area contributed by atoms with E-state index < -0.39 is 42.1 Å². The van der Waals surface area contributed by atoms with E-state index in [1.54, 1.807) is 77.9 Å². The van der Waals surface area contributed by atoms with Crippen molar-refractivity contribution in [3.63, 3.8) is 0 Å². The van der Waals surface area contributed by atoms with Crippen LogP contribution in [0.1, 0.15) is 57.4 Å². The number of nitrogens with zero attached hydrogens (tertiary/aromatic N) is 2. The molecule has 3 amide bonds. The molecule has 2 unspecified atom stereocenters. The molecule has 0 bridgehead atoms. The van der Waals surface area contributed by atoms with Crippen LogP contribution in [0.25, 0.3) is 0 Å². The molecule has 2 rings (SSSR count). The Hall–Kier alpha value is -4.06. The molecular weight excluding hydrogens is 472 g/mol. The van der Waals surface area contributed by atoms with Gasteiger partial charge >= 0.3 is 6.09 Å². The van der Waals surface area contributed by atoms with Crippen molar-refractivity contribution in [1.29, 1.82) is 5.26 Å². The van der Waals surface area contributed by atoms with E-state index in [4.69, 9.17) is 4.74 Å². The van der Waals surface area contributed by atoms with Crippen molar-refractivity contribution in [3.05, 3.63) is 65.2 Å². The van der Waals surface area contributed by atoms with Gasteiger partial charge in [-0.25, -0.2) is 4.79 Å². The number of nitriles is 1. The van der Waals surface area contributed by atoms with Gasteiger partial charge in [-0.1, -0.05) is 48.5 Å². The minimum Gasteiger partial charge on any atom is -0.507 e. The second-order valence-electron chi connectivity index (χ2n) is 10.1. The zero-order valence-corrected chi connectivity index (χ0v) is 22.2. The minimum atomic E-state index is -1.31. The van der Waals surface area contributed by atoms with Crippen molar-refractivity contribution < 1.29 is 24.2 Å². The van der Waals surface area contributed by atoms with Crippen LogP contribution in [0.3, 0.4) is 0 Å². The van der Waals surface area contributed by atoms with Crippen molar-refractivity contribution in [2.24, 2.45) is 0 Å². The normalized spacial score (nSPS) is 12.7. The molecule has 0 radical (unpaired) electrons. The summed E-state index contributed by atoms with van der Waals surface area (Å²) in [7, 11) is 0. The first-order chi connectivity index (χ1) is 17.3. The molecule has 37 heavy (non-hydrogen) atoms. The van der Waals surface area contributed by atoms with Crippen molar-refractivity contribution in [2.45, 2.75) is 71.7 Å². The van der Waals surface area contributed by atoms with Crippen LogP contribution in [0, 0.1) is 18.3 Å². The highest BCUT2D eigenvalue weighted by molar-refractivity contribution is 5.93. The van der Waals surface area contributed by atoms with Crippen molar-refractivity contribution in [3.8, 4) is 11.8 Å². The molecule has 0 spiro atoms. The Morgan fingerprint density at radius 3 is 2.27 bits per heavy atom. The van der Waals surface area contributed by atoms with Gasteiger partial charge in [0.15, 0.2) is 0 Å². The largest absolute Gasteiger partial charge is 0.507 e. The molecule has 2 aromatic rings. The van der Waals surface area contributed by atoms with E-state index in [1.807, 2.05) is 12.1 Å². The van der Waals surface area contributed by atoms with Crippen LogP contribution in [-0.4, -0.2) is 52.1 Å². The number of benzene rings is 2. The summed E-state index contributed by atoms with van der Waals surface area (Å²) in [6.45, 7) is 9.87. The van der Waals surface area contributed by atoms with Gasteiger partial charge in [0.05, 0.1) is 6.07 Å². The fraction of sp³-hybridized carbons (Fsp3) is 0.429. The molecule has 9 heteroatoms. The van der Waals surface area contributed by atoms with E-state index in [2.05, 4.69) is 10.6 Å². The van der Waals surface area contributed by atoms with Gasteiger partial charge < -0.3 is 25.4 Å². The van der Waals surface area contributed by atoms with Crippen LogP contribution in [0.15, 0.2) is 48.5 Å². The van der Waals surface area contributed by atoms with E-state index in [0.29, 0.717) is 5.56 Å². The van der Waals surface area contributed by atoms with Crippen LogP contribution >= 0.6 is 0 Å². The summed E-state index contributed by atoms with van der Waals surface area (Å²) in [6, 6.07) is 13.2. The summed E-state index contributed by atoms with van der Waals surface area (Å²) in [6.07, 6.45) is -0.709. The average molecular weight is 509 g/mol. The Morgan fingerprint density at radius 1 is 1.05 bits per heavy atom. The summed E-state index contributed by atoms with van der Waals surface area (Å²) in [4.78, 5) is 41.1. The third kappa shape index (κ3) is 8.53. The Bertz CT molecular complexity index is 1140. The molecule has 0 aliphatic carbocycles. The number of hydrogen-bond donors (Lipinski definition) is 3. The predicted octanol–water partition coefficient (Wildman–Crippen LogP) is 3.75. The molecule has 0 aromatic heterocycles. The predicted molar refractivity (Wildman–Crippen MR) is 139 cm³/mol. The first-order valence-electron chi connectivity index (χ1n) is 12.1. The number of ether oxygens (including phenoxy) is 1. The number of phenolic OH excluding ortho intramolecular Hbond substituents is 1. The number of hydrogen-bond acceptors (Lipinski definition) is 6. The molecule has 2 atom stereocenters. The summed E-state index contributed by atoms with van der Waals surface area (Å²) < 4.78 is 5.37. The third-order valence-electron chi connectivity index (χ3n) is 5.35. The highest BCUT2D eigenvalue weighted by Crippen LogP contribution is 2.32. The van der Waals surface area contributed by atoms with Crippen molar-refractivity contribution in [1.82, 2.24) is 15.5 Å². The number of aromatic hydroxyl groups is 1. The van der Waals surface area contributed by atoms with Gasteiger partial charge in [0.2, 0.25) is 11.8 Å². The zero-order chi connectivity index (χ0) is 27.8. The second kappa shape index (κ2) is 12.8. The Morgan fingerprint density at radius 2 is 1.70 bits per heavy atom. The van der Waals surface area contributed by atoms with Gasteiger partial charge in [-0.05, 0) is 52.7 Å². The molecule has 3 N–H and O–H groups in total. The van der Waals surface area contributed by atoms with Crippen LogP contribution in [-0.2, 0) is 20.7 Å². The monoisotopic (exact) mass is 508 g/mol. The molecule has 0 aliphatic rings. The number of alkyl carbamates (subject to hydrolysis) is 1. The Kier molecular flexibility index (Phi) is 10.1. The fourth-order valence-electron chi connectivity index (χ4n) is 3.79. The van der Waals surface area contributed by atoms with E-state index in [0.717, 1.165) is 10.5 Å². The summed E-state index contributed by atoms with van der Waals surface area (Å²) in [5, 5.41) is 25.8. The quantitative estimate of drug-likeness (QED) is 0.442. The van der Waals surface area contributed by atoms with Crippen LogP contribution in [0.2, 0.25) is 0 Å². The number of rotatable bonds is 9. The second-order valence-corrected chi connectivity index (χ2v) is 10.1. The smallest absolute Gasteiger partial charge is 0.408 e. The van der Waals surface area contributed by atoms with Crippen LogP contribution < -0.4 is 10.6 Å². The fourth-order valence-corrected chi connectivity index (χ4v) is 3.79. The molecule has 198 valence electrons. The summed E-state index contributed by atoms with van der Waals surface area (Å²) in [5.74, 6) is -1.38. The highest BCUT2D eigenvalue weighted by atomic mass is 16.6. The SMILES string of the molecule is Cc1cccc(C(C(=O)NC(C)C)N(CC#N)C(=O)C(Cc2ccccc2)NC(=O)OC(C)(C)C)c1O. The first kappa shape index (κ1) is 29.2. The maximum Gasteiger partial charge on any atom is 0.408 e. The molecule has 0 saturated carbocycles. The van der Waals surface area contributed by atoms with Crippen molar-refractivity contribution >= 4 is 17.9 Å². The number of phenols is 1. The van der Waals surface area contributed by atoms with Gasteiger partial charge in [0, 0.05) is 18.0 Å². The number of carbonyl (C=O) groups excluding carboxylic acids is 3. The topological polar surface area (TPSA) is 132 Å². The lowest BCUT2D eigenvalue weighted by molar-refractivity contribution is -0.142. The maximum atomic E-state index is 14.0. The molecule has 0 saturated heterocycles. The molecule has 0 fully saturated rings. The number of nitrogens with one attached hydrogen (secondary N) is 2. The minimum absolute atomic E-state index is 0.0964. The summed E-state index contributed by atoms with van der Waals surface area (Å²) >= 11 is 0. The summed E-state index contributed by atoms with van der Waals surface area (Å²) in [5.41, 5.74) is 0.647. The van der Waals surface area contributed by atoms with Gasteiger partial charge in [0.1, 0.15) is 30.0 Å². The average Bonchev–Trinajstić information content (AvgIpc) is 2.79. The van der Waals surface area contributed by atoms with E-state index >= 15 is 0 Å². The number of aryl methyl sites for hydroxylation is 1. The highest BCUT2D eigenvalue weighted by Gasteiger charge is 2.38. The molecule has 9 nitrogen and oxygen atoms in total. The van der Waals surface area contributed by atoms with E-state index in [9.17, 15) is 24.8 Å². The molecule has 0 aliphatic heterocycles. The lowest BCUT2D eigenvalue weighted by atomic mass is 9.98. The maximum absolute atomic E-state index is 14.0. The van der Waals surface area contributed by atoms with E-state index in [-0.39, 0.29) is 23.8 Å². The van der Waals surface area contributed by atoms with E-state index in [1.165, 1.54) is 6.07 Å². The third-order valence-corrected chi connectivity index (χ3v) is 5.35. The Balaban J connectivity index is 2.57. The zero-order valence-electron chi connectivity index (χ0n) is 22.2. The van der Waals surface area contributed by atoms with Gasteiger partial charge in [-0.15, -0.1) is 0 Å². The number of para-hydroxylation sites is 1. The first-order valence-corrected chi connectivity index (χ1v) is 12.1. The lowest BCUT2D eigenvalue weighted by Crippen LogP contribution is -2.54. The van der Waals surface area contributed by atoms with Gasteiger partial charge in [-0.2, -0.15) is 5.26 Å². The van der Waals surface area contributed by atoms with Gasteiger partial charge in [0.25, 0.3) is 0 Å². The standard InChI is InChI=1S/C28H36N4O5/c1-18(2)30-25(34)23(21-14-10-11-19(3)24(21)33)32(16-15-29)26(35)22(17-20-12-8-7-9-13-20)31-27(36)37-28(4,5)6/h7-14,18,22-23,33H,16-17H2,1-6H3,(H,30,34)(H,31,36). The van der Waals surface area contributed by atoms with Crippen LogP contribution in [0.5, 0.6) is 5.75 Å². The molecule has 2 aromatic carbocycles. The van der Waals surface area contributed by atoms with Crippen molar-refractivity contribution in [2.75, 3.05) is 6.54 Å². The number of carbonyl (C=O) groups is 3. The Labute approximate surface area is 218 Å². The lowest BCUT2D eigenvalue weighted by Gasteiger charge is -2.33. The molecule has 0 heterocycles.